The first-order valence-electron chi connectivity index (χ1n) is 8.58. The molecule has 8 heteroatoms. The maximum absolute atomic E-state index is 13.0. The number of likely N-dealkylation sites (tertiary alicyclic amines) is 1. The Morgan fingerprint density at radius 2 is 2.12 bits per heavy atom. The van der Waals surface area contributed by atoms with E-state index in [1.807, 2.05) is 21.2 Å². The van der Waals surface area contributed by atoms with Crippen molar-refractivity contribution in [2.45, 2.75) is 31.7 Å². The number of anilines is 1. The van der Waals surface area contributed by atoms with E-state index >= 15 is 0 Å². The molecule has 0 N–H and O–H groups in total. The smallest absolute Gasteiger partial charge is 0.227 e. The van der Waals surface area contributed by atoms with E-state index in [0.717, 1.165) is 57.0 Å². The third kappa shape index (κ3) is 3.15. The van der Waals surface area contributed by atoms with Gasteiger partial charge in [0.25, 0.3) is 0 Å². The van der Waals surface area contributed by atoms with Crippen LogP contribution in [-0.2, 0) is 4.79 Å². The molecule has 2 aliphatic heterocycles. The zero-order valence-corrected chi connectivity index (χ0v) is 14.4. The van der Waals surface area contributed by atoms with Crippen LogP contribution in [0.15, 0.2) is 24.2 Å². The number of carbonyl (C=O) groups excluding carboxylic acids is 1. The molecule has 0 saturated carbocycles. The zero-order chi connectivity index (χ0) is 16.4. The lowest BCUT2D eigenvalue weighted by Gasteiger charge is -2.38. The third-order valence-corrected chi connectivity index (χ3v) is 5.81. The first-order chi connectivity index (χ1) is 11.8. The van der Waals surface area contributed by atoms with Gasteiger partial charge in [-0.25, -0.2) is 14.6 Å². The molecule has 4 rings (SSSR count). The van der Waals surface area contributed by atoms with Crippen molar-refractivity contribution in [1.29, 1.82) is 0 Å². The normalized spacial score (nSPS) is 25.0. The predicted octanol–water partition coefficient (Wildman–Crippen LogP) is 1.81. The predicted molar refractivity (Wildman–Crippen MR) is 91.9 cm³/mol. The number of hydrogen-bond acceptors (Lipinski definition) is 6. The fourth-order valence-electron chi connectivity index (χ4n) is 3.76. The van der Waals surface area contributed by atoms with E-state index in [2.05, 4.69) is 20.0 Å². The molecule has 2 fully saturated rings. The number of thiazole rings is 1. The van der Waals surface area contributed by atoms with Gasteiger partial charge in [-0.2, -0.15) is 5.10 Å². The number of carbonyl (C=O) groups is 1. The minimum absolute atomic E-state index is 0.0807. The van der Waals surface area contributed by atoms with Crippen LogP contribution in [-0.4, -0.2) is 56.7 Å². The van der Waals surface area contributed by atoms with Crippen molar-refractivity contribution in [3.63, 3.8) is 0 Å². The van der Waals surface area contributed by atoms with Gasteiger partial charge in [-0.05, 0) is 25.7 Å². The third-order valence-electron chi connectivity index (χ3n) is 4.98. The van der Waals surface area contributed by atoms with Crippen LogP contribution < -0.4 is 4.90 Å². The summed E-state index contributed by atoms with van der Waals surface area (Å²) in [6, 6.07) is 0.254. The Kier molecular flexibility index (Phi) is 4.46. The van der Waals surface area contributed by atoms with Gasteiger partial charge in [0, 0.05) is 37.8 Å². The van der Waals surface area contributed by atoms with Crippen LogP contribution in [0.1, 0.15) is 31.7 Å². The lowest BCUT2D eigenvalue weighted by Crippen LogP contribution is -2.48. The van der Waals surface area contributed by atoms with Crippen LogP contribution >= 0.6 is 11.3 Å². The van der Waals surface area contributed by atoms with Crippen LogP contribution in [0.4, 0.5) is 5.13 Å². The maximum atomic E-state index is 13.0. The Labute approximate surface area is 145 Å². The van der Waals surface area contributed by atoms with Gasteiger partial charge >= 0.3 is 0 Å². The molecule has 0 spiro atoms. The number of piperidine rings is 2. The molecule has 2 atom stereocenters. The van der Waals surface area contributed by atoms with Gasteiger partial charge in [0.15, 0.2) is 5.13 Å². The zero-order valence-electron chi connectivity index (χ0n) is 13.6. The molecule has 0 aliphatic carbocycles. The van der Waals surface area contributed by atoms with E-state index < -0.39 is 0 Å². The quantitative estimate of drug-likeness (QED) is 0.848. The van der Waals surface area contributed by atoms with Crippen LogP contribution in [0, 0.1) is 5.92 Å². The lowest BCUT2D eigenvalue weighted by molar-refractivity contribution is -0.137. The van der Waals surface area contributed by atoms with Gasteiger partial charge < -0.3 is 9.80 Å². The van der Waals surface area contributed by atoms with Gasteiger partial charge in [-0.15, -0.1) is 11.3 Å². The highest BCUT2D eigenvalue weighted by molar-refractivity contribution is 7.13. The average molecular weight is 346 g/mol. The molecule has 128 valence electrons. The maximum Gasteiger partial charge on any atom is 0.227 e. The molecule has 2 saturated heterocycles. The molecule has 0 aromatic carbocycles. The first-order valence-corrected chi connectivity index (χ1v) is 9.46. The van der Waals surface area contributed by atoms with E-state index in [1.165, 1.54) is 0 Å². The Morgan fingerprint density at radius 3 is 2.92 bits per heavy atom. The highest BCUT2D eigenvalue weighted by Crippen LogP contribution is 2.28. The molecule has 0 radical (unpaired) electrons. The summed E-state index contributed by atoms with van der Waals surface area (Å²) in [5.74, 6) is 0.373. The summed E-state index contributed by atoms with van der Waals surface area (Å²) in [7, 11) is 0. The fraction of sp³-hybridized carbons (Fsp3) is 0.625. The molecule has 4 heterocycles. The van der Waals surface area contributed by atoms with Crippen molar-refractivity contribution in [2.75, 3.05) is 31.1 Å². The number of rotatable bonds is 3. The molecule has 0 unspecified atom stereocenters. The van der Waals surface area contributed by atoms with Crippen molar-refractivity contribution in [3.8, 4) is 0 Å². The van der Waals surface area contributed by atoms with E-state index in [4.69, 9.17) is 0 Å². The number of aromatic nitrogens is 4. The second-order valence-corrected chi connectivity index (χ2v) is 7.43. The summed E-state index contributed by atoms with van der Waals surface area (Å²) in [5.41, 5.74) is 0. The van der Waals surface area contributed by atoms with Crippen molar-refractivity contribution < 1.29 is 4.79 Å². The van der Waals surface area contributed by atoms with Crippen LogP contribution in [0.3, 0.4) is 0 Å². The van der Waals surface area contributed by atoms with E-state index in [-0.39, 0.29) is 12.0 Å². The number of amides is 1. The number of nitrogens with zero attached hydrogens (tertiary/aromatic N) is 6. The largest absolute Gasteiger partial charge is 0.347 e. The Morgan fingerprint density at radius 1 is 1.21 bits per heavy atom. The SMILES string of the molecule is O=C([C@H]1CCCN(c2nccs2)C1)N1CCC[C@@H](n2cncn2)C1. The van der Waals surface area contributed by atoms with Gasteiger partial charge in [0.2, 0.25) is 5.91 Å². The fourth-order valence-corrected chi connectivity index (χ4v) is 4.44. The highest BCUT2D eigenvalue weighted by atomic mass is 32.1. The van der Waals surface area contributed by atoms with E-state index in [0.29, 0.717) is 5.91 Å². The summed E-state index contributed by atoms with van der Waals surface area (Å²) >= 11 is 1.65. The lowest BCUT2D eigenvalue weighted by atomic mass is 9.95. The average Bonchev–Trinajstić information content (AvgIpc) is 3.35. The van der Waals surface area contributed by atoms with Crippen molar-refractivity contribution in [2.24, 2.45) is 5.92 Å². The molecule has 1 amide bonds. The number of hydrogen-bond donors (Lipinski definition) is 0. The summed E-state index contributed by atoms with van der Waals surface area (Å²) in [4.78, 5) is 25.7. The van der Waals surface area contributed by atoms with Crippen LogP contribution in [0.5, 0.6) is 0 Å². The van der Waals surface area contributed by atoms with Crippen molar-refractivity contribution in [3.05, 3.63) is 24.2 Å². The summed E-state index contributed by atoms with van der Waals surface area (Å²) in [5, 5.41) is 7.27. The van der Waals surface area contributed by atoms with Crippen molar-refractivity contribution >= 4 is 22.4 Å². The second-order valence-electron chi connectivity index (χ2n) is 6.56. The molecule has 7 nitrogen and oxygen atoms in total. The standard InChI is InChI=1S/C16H22N6OS/c23-15(13-3-1-7-21(9-13)16-18-5-8-24-16)20-6-2-4-14(10-20)22-12-17-11-19-22/h5,8,11-14H,1-4,6-7,9-10H2/t13-,14+/m0/s1. The molecule has 2 aromatic rings. The second kappa shape index (κ2) is 6.88. The first kappa shape index (κ1) is 15.6. The molecule has 24 heavy (non-hydrogen) atoms. The van der Waals surface area contributed by atoms with E-state index in [9.17, 15) is 4.79 Å². The van der Waals surface area contributed by atoms with Gasteiger partial charge in [-0.3, -0.25) is 4.79 Å². The van der Waals surface area contributed by atoms with Crippen LogP contribution in [0.2, 0.25) is 0 Å². The minimum atomic E-state index is 0.0807. The molecule has 2 aromatic heterocycles. The summed E-state index contributed by atoms with van der Waals surface area (Å²) in [6.07, 6.45) is 9.26. The Balaban J connectivity index is 1.41. The summed E-state index contributed by atoms with van der Waals surface area (Å²) in [6.45, 7) is 3.39. The minimum Gasteiger partial charge on any atom is -0.347 e. The topological polar surface area (TPSA) is 67.2 Å². The van der Waals surface area contributed by atoms with Crippen LogP contribution in [0.25, 0.3) is 0 Å². The monoisotopic (exact) mass is 346 g/mol. The van der Waals surface area contributed by atoms with Crippen molar-refractivity contribution in [1.82, 2.24) is 24.6 Å². The highest BCUT2D eigenvalue weighted by Gasteiger charge is 2.33. The molecule has 0 bridgehead atoms. The summed E-state index contributed by atoms with van der Waals surface area (Å²) < 4.78 is 1.89. The molecular formula is C16H22N6OS. The Bertz CT molecular complexity index is 602. The van der Waals surface area contributed by atoms with Gasteiger partial charge in [-0.1, -0.05) is 0 Å². The molecule has 2 aliphatic rings. The Hall–Kier alpha value is -1.96. The molecular weight excluding hydrogens is 324 g/mol. The van der Waals surface area contributed by atoms with E-state index in [1.54, 1.807) is 24.0 Å². The van der Waals surface area contributed by atoms with Gasteiger partial charge in [0.05, 0.1) is 12.0 Å². The van der Waals surface area contributed by atoms with Gasteiger partial charge in [0.1, 0.15) is 12.7 Å².